The van der Waals surface area contributed by atoms with Gasteiger partial charge >= 0.3 is 12.0 Å². The van der Waals surface area contributed by atoms with Gasteiger partial charge in [0.25, 0.3) is 0 Å². The van der Waals surface area contributed by atoms with E-state index in [1.807, 2.05) is 6.92 Å². The highest BCUT2D eigenvalue weighted by molar-refractivity contribution is 9.11. The third-order valence-corrected chi connectivity index (χ3v) is 4.04. The molecule has 0 unspecified atom stereocenters. The van der Waals surface area contributed by atoms with Crippen LogP contribution in [0.1, 0.15) is 23.5 Å². The Bertz CT molecular complexity index is 417. The van der Waals surface area contributed by atoms with Gasteiger partial charge < -0.3 is 15.7 Å². The van der Waals surface area contributed by atoms with E-state index in [1.165, 1.54) is 11.3 Å². The van der Waals surface area contributed by atoms with Crippen LogP contribution in [0, 0.1) is 6.92 Å². The van der Waals surface area contributed by atoms with Crippen molar-refractivity contribution in [3.63, 3.8) is 0 Å². The summed E-state index contributed by atoms with van der Waals surface area (Å²) in [6.45, 7) is 2.59. The van der Waals surface area contributed by atoms with E-state index >= 15 is 0 Å². The van der Waals surface area contributed by atoms with Gasteiger partial charge in [0, 0.05) is 13.0 Å². The van der Waals surface area contributed by atoms with Crippen molar-refractivity contribution in [2.45, 2.75) is 26.3 Å². The number of aromatic nitrogens is 1. The van der Waals surface area contributed by atoms with Gasteiger partial charge in [0.1, 0.15) is 5.01 Å². The first kappa shape index (κ1) is 14.9. The van der Waals surface area contributed by atoms with Gasteiger partial charge in [0.2, 0.25) is 0 Å². The monoisotopic (exact) mass is 335 g/mol. The minimum absolute atomic E-state index is 0.0545. The SMILES string of the molecule is Cc1nc(CNC(=O)NCCCC(=O)O)sc1Br. The third kappa shape index (κ3) is 5.46. The van der Waals surface area contributed by atoms with Crippen LogP contribution in [0.4, 0.5) is 4.79 Å². The van der Waals surface area contributed by atoms with Crippen molar-refractivity contribution in [2.24, 2.45) is 0 Å². The molecule has 0 fully saturated rings. The van der Waals surface area contributed by atoms with Crippen molar-refractivity contribution in [3.8, 4) is 0 Å². The van der Waals surface area contributed by atoms with Crippen LogP contribution in [0.5, 0.6) is 0 Å². The summed E-state index contributed by atoms with van der Waals surface area (Å²) in [7, 11) is 0. The van der Waals surface area contributed by atoms with Crippen LogP contribution in [0.3, 0.4) is 0 Å². The molecular formula is C10H14BrN3O3S. The van der Waals surface area contributed by atoms with Crippen LogP contribution in [0.2, 0.25) is 0 Å². The van der Waals surface area contributed by atoms with Crippen molar-refractivity contribution < 1.29 is 14.7 Å². The topological polar surface area (TPSA) is 91.3 Å². The van der Waals surface area contributed by atoms with E-state index in [2.05, 4.69) is 31.5 Å². The van der Waals surface area contributed by atoms with E-state index in [-0.39, 0.29) is 12.5 Å². The summed E-state index contributed by atoms with van der Waals surface area (Å²) in [6, 6.07) is -0.315. The second-order valence-electron chi connectivity index (χ2n) is 3.57. The number of nitrogens with one attached hydrogen (secondary N) is 2. The molecule has 0 aromatic carbocycles. The zero-order chi connectivity index (χ0) is 13.5. The molecule has 100 valence electrons. The smallest absolute Gasteiger partial charge is 0.315 e. The summed E-state index contributed by atoms with van der Waals surface area (Å²) in [5, 5.41) is 14.5. The Kier molecular flexibility index (Phi) is 6.06. The molecule has 1 rings (SSSR count). The van der Waals surface area contributed by atoms with E-state index in [9.17, 15) is 9.59 Å². The summed E-state index contributed by atoms with van der Waals surface area (Å²) >= 11 is 4.83. The molecule has 0 aliphatic carbocycles. The summed E-state index contributed by atoms with van der Waals surface area (Å²) in [5.41, 5.74) is 0.902. The zero-order valence-electron chi connectivity index (χ0n) is 9.83. The lowest BCUT2D eigenvalue weighted by molar-refractivity contribution is -0.137. The number of aliphatic carboxylic acids is 1. The van der Waals surface area contributed by atoms with Gasteiger partial charge in [-0.15, -0.1) is 11.3 Å². The number of carboxylic acid groups (broad SMARTS) is 1. The molecule has 0 atom stereocenters. The highest BCUT2D eigenvalue weighted by atomic mass is 79.9. The molecule has 1 aromatic rings. The summed E-state index contributed by atoms with van der Waals surface area (Å²) in [4.78, 5) is 25.9. The Hall–Kier alpha value is -1.15. The first-order valence-corrected chi connectivity index (χ1v) is 6.95. The maximum Gasteiger partial charge on any atom is 0.315 e. The molecule has 0 saturated carbocycles. The quantitative estimate of drug-likeness (QED) is 0.692. The fraction of sp³-hybridized carbons (Fsp3) is 0.500. The van der Waals surface area contributed by atoms with Gasteiger partial charge in [-0.1, -0.05) is 0 Å². The van der Waals surface area contributed by atoms with Crippen LogP contribution in [0.25, 0.3) is 0 Å². The maximum atomic E-state index is 11.3. The molecule has 0 radical (unpaired) electrons. The largest absolute Gasteiger partial charge is 0.481 e. The van der Waals surface area contributed by atoms with Crippen LogP contribution in [0.15, 0.2) is 3.79 Å². The minimum Gasteiger partial charge on any atom is -0.481 e. The van der Waals surface area contributed by atoms with Gasteiger partial charge in [-0.2, -0.15) is 0 Å². The number of hydrogen-bond acceptors (Lipinski definition) is 4. The number of rotatable bonds is 6. The number of carbonyl (C=O) groups is 2. The fourth-order valence-corrected chi connectivity index (χ4v) is 2.54. The number of urea groups is 1. The zero-order valence-corrected chi connectivity index (χ0v) is 12.2. The number of halogens is 1. The van der Waals surface area contributed by atoms with Gasteiger partial charge in [-0.05, 0) is 29.3 Å². The molecule has 8 heteroatoms. The Balaban J connectivity index is 2.19. The van der Waals surface area contributed by atoms with E-state index in [0.29, 0.717) is 19.5 Å². The molecule has 0 aliphatic heterocycles. The van der Waals surface area contributed by atoms with E-state index in [1.54, 1.807) is 0 Å². The van der Waals surface area contributed by atoms with Gasteiger partial charge in [-0.3, -0.25) is 4.79 Å². The molecule has 0 aliphatic rings. The van der Waals surface area contributed by atoms with Gasteiger partial charge in [0.05, 0.1) is 16.0 Å². The molecule has 3 N–H and O–H groups in total. The lowest BCUT2D eigenvalue weighted by Crippen LogP contribution is -2.35. The predicted octanol–water partition coefficient (Wildman–Crippen LogP) is 1.88. The Labute approximate surface area is 117 Å². The second kappa shape index (κ2) is 7.32. The summed E-state index contributed by atoms with van der Waals surface area (Å²) in [5.74, 6) is -0.861. The molecule has 6 nitrogen and oxygen atoms in total. The van der Waals surface area contributed by atoms with Crippen molar-refractivity contribution in [1.29, 1.82) is 0 Å². The molecule has 0 saturated heterocycles. The minimum atomic E-state index is -0.861. The van der Waals surface area contributed by atoms with Crippen molar-refractivity contribution in [3.05, 3.63) is 14.5 Å². The Morgan fingerprint density at radius 2 is 2.17 bits per heavy atom. The Morgan fingerprint density at radius 3 is 2.72 bits per heavy atom. The molecule has 1 heterocycles. The van der Waals surface area contributed by atoms with E-state index in [4.69, 9.17) is 5.11 Å². The van der Waals surface area contributed by atoms with Crippen LogP contribution in [-0.2, 0) is 11.3 Å². The van der Waals surface area contributed by atoms with Crippen molar-refractivity contribution in [2.75, 3.05) is 6.54 Å². The fourth-order valence-electron chi connectivity index (χ4n) is 1.17. The number of nitrogens with zero attached hydrogens (tertiary/aromatic N) is 1. The lowest BCUT2D eigenvalue weighted by atomic mass is 10.3. The van der Waals surface area contributed by atoms with E-state index in [0.717, 1.165) is 14.5 Å². The number of amides is 2. The average Bonchev–Trinajstić information content (AvgIpc) is 2.61. The molecule has 2 amide bonds. The average molecular weight is 336 g/mol. The standard InChI is InChI=1S/C10H14BrN3O3S/c1-6-9(11)18-7(14-6)5-13-10(17)12-4-2-3-8(15)16/h2-5H2,1H3,(H,15,16)(H2,12,13,17). The normalized spacial score (nSPS) is 10.1. The highest BCUT2D eigenvalue weighted by Gasteiger charge is 2.06. The first-order chi connectivity index (χ1) is 8.49. The van der Waals surface area contributed by atoms with Crippen LogP contribution >= 0.6 is 27.3 Å². The number of carbonyl (C=O) groups excluding carboxylic acids is 1. The Morgan fingerprint density at radius 1 is 1.44 bits per heavy atom. The number of thiazole rings is 1. The second-order valence-corrected chi connectivity index (χ2v) is 5.97. The van der Waals surface area contributed by atoms with Gasteiger partial charge in [0.15, 0.2) is 0 Å². The molecule has 0 spiro atoms. The van der Waals surface area contributed by atoms with E-state index < -0.39 is 5.97 Å². The summed E-state index contributed by atoms with van der Waals surface area (Å²) < 4.78 is 0.959. The maximum absolute atomic E-state index is 11.3. The van der Waals surface area contributed by atoms with Crippen molar-refractivity contribution >= 4 is 39.3 Å². The molecular weight excluding hydrogens is 322 g/mol. The number of aryl methyl sites for hydroxylation is 1. The molecule has 18 heavy (non-hydrogen) atoms. The predicted molar refractivity (Wildman–Crippen MR) is 71.7 cm³/mol. The molecule has 0 bridgehead atoms. The first-order valence-electron chi connectivity index (χ1n) is 5.34. The van der Waals surface area contributed by atoms with Crippen molar-refractivity contribution in [1.82, 2.24) is 15.6 Å². The summed E-state index contributed by atoms with van der Waals surface area (Å²) in [6.07, 6.45) is 0.476. The number of carboxylic acids is 1. The van der Waals surface area contributed by atoms with Gasteiger partial charge in [-0.25, -0.2) is 9.78 Å². The highest BCUT2D eigenvalue weighted by Crippen LogP contribution is 2.23. The third-order valence-electron chi connectivity index (χ3n) is 2.04. The lowest BCUT2D eigenvalue weighted by Gasteiger charge is -2.05. The number of hydrogen-bond donors (Lipinski definition) is 3. The van der Waals surface area contributed by atoms with Crippen LogP contribution < -0.4 is 10.6 Å². The van der Waals surface area contributed by atoms with Crippen LogP contribution in [-0.4, -0.2) is 28.6 Å². The molecule has 1 aromatic heterocycles.